The summed E-state index contributed by atoms with van der Waals surface area (Å²) >= 11 is 0. The zero-order valence-corrected chi connectivity index (χ0v) is 16.5. The van der Waals surface area contributed by atoms with Crippen molar-refractivity contribution in [2.24, 2.45) is 0 Å². The molecule has 3 nitrogen and oxygen atoms in total. The first-order chi connectivity index (χ1) is 12.5. The lowest BCUT2D eigenvalue weighted by Gasteiger charge is -2.21. The Morgan fingerprint density at radius 1 is 0.962 bits per heavy atom. The Labute approximate surface area is 155 Å². The molecule has 0 heterocycles. The van der Waals surface area contributed by atoms with Gasteiger partial charge in [0.1, 0.15) is 0 Å². The topological polar surface area (TPSA) is 43.4 Å². The number of benzene rings is 2. The van der Waals surface area contributed by atoms with Gasteiger partial charge < -0.3 is 9.30 Å². The third-order valence-electron chi connectivity index (χ3n) is 4.02. The highest BCUT2D eigenvalue weighted by Gasteiger charge is 2.31. The van der Waals surface area contributed by atoms with E-state index in [-0.39, 0.29) is 0 Å². The van der Waals surface area contributed by atoms with Crippen LogP contribution < -0.4 is 10.6 Å². The van der Waals surface area contributed by atoms with E-state index < -0.39 is 13.1 Å². The molecule has 0 radical (unpaired) electrons. The molecule has 0 fully saturated rings. The average Bonchev–Trinajstić information content (AvgIpc) is 2.68. The van der Waals surface area contributed by atoms with Gasteiger partial charge in [0.2, 0.25) is 0 Å². The first kappa shape index (κ1) is 20.0. The number of carbonyl (C=O) groups excluding carboxylic acids is 1. The maximum absolute atomic E-state index is 14.4. The maximum atomic E-state index is 14.4. The molecule has 136 valence electrons. The van der Waals surface area contributed by atoms with Crippen LogP contribution in [-0.4, -0.2) is 12.6 Å². The molecule has 2 aromatic rings. The van der Waals surface area contributed by atoms with Gasteiger partial charge in [-0.1, -0.05) is 74.0 Å². The van der Waals surface area contributed by atoms with Gasteiger partial charge in [-0.2, -0.15) is 0 Å². The van der Waals surface area contributed by atoms with Gasteiger partial charge in [-0.15, -0.1) is 5.73 Å². The zero-order chi connectivity index (χ0) is 19.0. The summed E-state index contributed by atoms with van der Waals surface area (Å²) in [5.74, 6) is -0.422. The molecule has 0 aromatic heterocycles. The lowest BCUT2D eigenvalue weighted by molar-refractivity contribution is -0.138. The van der Waals surface area contributed by atoms with Crippen LogP contribution in [-0.2, 0) is 14.1 Å². The average molecular weight is 368 g/mol. The van der Waals surface area contributed by atoms with Crippen molar-refractivity contribution in [3.8, 4) is 0 Å². The number of carbonyl (C=O) groups is 1. The summed E-state index contributed by atoms with van der Waals surface area (Å²) in [4.78, 5) is 12.1. The van der Waals surface area contributed by atoms with Crippen molar-refractivity contribution in [1.29, 1.82) is 0 Å². The number of hydrogen-bond donors (Lipinski definition) is 0. The SMILES string of the molecule is CCCC(=C=C(C)C(=O)OCC)P(=O)(c1ccccc1)c1ccccc1. The number of rotatable bonds is 7. The van der Waals surface area contributed by atoms with Gasteiger partial charge >= 0.3 is 5.97 Å². The quantitative estimate of drug-likeness (QED) is 0.305. The molecule has 4 heteroatoms. The summed E-state index contributed by atoms with van der Waals surface area (Å²) in [7, 11) is -3.09. The van der Waals surface area contributed by atoms with Crippen molar-refractivity contribution in [2.75, 3.05) is 6.61 Å². The van der Waals surface area contributed by atoms with Crippen molar-refractivity contribution in [3.05, 3.63) is 77.3 Å². The molecule has 0 saturated heterocycles. The molecule has 0 bridgehead atoms. The fourth-order valence-electron chi connectivity index (χ4n) is 2.78. The Morgan fingerprint density at radius 3 is 1.88 bits per heavy atom. The Bertz CT molecular complexity index is 804. The Balaban J connectivity index is 2.75. The van der Waals surface area contributed by atoms with Crippen LogP contribution in [0.4, 0.5) is 0 Å². The highest BCUT2D eigenvalue weighted by Crippen LogP contribution is 2.53. The van der Waals surface area contributed by atoms with Crippen LogP contribution in [0.1, 0.15) is 33.6 Å². The molecule has 0 aliphatic heterocycles. The minimum Gasteiger partial charge on any atom is -0.462 e. The summed E-state index contributed by atoms with van der Waals surface area (Å²) in [6.07, 6.45) is 1.40. The summed E-state index contributed by atoms with van der Waals surface area (Å²) in [6.45, 7) is 5.76. The van der Waals surface area contributed by atoms with Crippen molar-refractivity contribution < 1.29 is 14.1 Å². The molecule has 0 unspecified atom stereocenters. The van der Waals surface area contributed by atoms with Gasteiger partial charge in [-0.25, -0.2) is 4.79 Å². The first-order valence-corrected chi connectivity index (χ1v) is 10.6. The van der Waals surface area contributed by atoms with Crippen LogP contribution >= 0.6 is 7.14 Å². The smallest absolute Gasteiger partial charge is 0.341 e. The van der Waals surface area contributed by atoms with E-state index in [4.69, 9.17) is 4.74 Å². The third-order valence-corrected chi connectivity index (χ3v) is 7.17. The van der Waals surface area contributed by atoms with Crippen LogP contribution in [0.15, 0.2) is 77.3 Å². The monoisotopic (exact) mass is 368 g/mol. The third kappa shape index (κ3) is 4.43. The number of esters is 1. The molecule has 0 amide bonds. The van der Waals surface area contributed by atoms with Crippen molar-refractivity contribution >= 4 is 23.7 Å². The molecule has 0 N–H and O–H groups in total. The lowest BCUT2D eigenvalue weighted by atomic mass is 10.2. The molecule has 0 atom stereocenters. The van der Waals surface area contributed by atoms with Crippen molar-refractivity contribution in [3.63, 3.8) is 0 Å². The van der Waals surface area contributed by atoms with Crippen molar-refractivity contribution in [1.82, 2.24) is 0 Å². The van der Waals surface area contributed by atoms with Crippen LogP contribution in [0.2, 0.25) is 0 Å². The molecule has 0 aliphatic carbocycles. The van der Waals surface area contributed by atoms with Crippen LogP contribution in [0.5, 0.6) is 0 Å². The summed E-state index contributed by atoms with van der Waals surface area (Å²) in [5, 5.41) is 2.15. The van der Waals surface area contributed by atoms with Gasteiger partial charge in [-0.3, -0.25) is 0 Å². The van der Waals surface area contributed by atoms with E-state index in [9.17, 15) is 9.36 Å². The second-order valence-corrected chi connectivity index (χ2v) is 8.74. The summed E-state index contributed by atoms with van der Waals surface area (Å²) in [5.41, 5.74) is 3.49. The van der Waals surface area contributed by atoms with E-state index in [1.54, 1.807) is 13.8 Å². The van der Waals surface area contributed by atoms with E-state index >= 15 is 0 Å². The van der Waals surface area contributed by atoms with E-state index in [0.717, 1.165) is 17.0 Å². The van der Waals surface area contributed by atoms with Crippen molar-refractivity contribution in [2.45, 2.75) is 33.6 Å². The number of ether oxygens (including phenoxy) is 1. The van der Waals surface area contributed by atoms with Gasteiger partial charge in [0.05, 0.1) is 12.2 Å². The molecular weight excluding hydrogens is 343 g/mol. The van der Waals surface area contributed by atoms with Crippen LogP contribution in [0.3, 0.4) is 0 Å². The van der Waals surface area contributed by atoms with Gasteiger partial charge in [-0.05, 0) is 20.3 Å². The Hall–Kier alpha value is -2.34. The number of hydrogen-bond acceptors (Lipinski definition) is 3. The normalized spacial score (nSPS) is 10.7. The largest absolute Gasteiger partial charge is 0.462 e. The Morgan fingerprint density at radius 2 is 1.46 bits per heavy atom. The van der Waals surface area contributed by atoms with Gasteiger partial charge in [0, 0.05) is 15.9 Å². The summed E-state index contributed by atoms with van der Waals surface area (Å²) in [6, 6.07) is 18.9. The highest BCUT2D eigenvalue weighted by atomic mass is 31.2. The fourth-order valence-corrected chi connectivity index (χ4v) is 5.75. The van der Waals surface area contributed by atoms with E-state index in [1.807, 2.05) is 67.6 Å². The second-order valence-electron chi connectivity index (χ2n) is 5.95. The van der Waals surface area contributed by atoms with E-state index in [1.165, 1.54) is 0 Å². The molecule has 2 aromatic carbocycles. The maximum Gasteiger partial charge on any atom is 0.341 e. The molecule has 0 spiro atoms. The molecule has 26 heavy (non-hydrogen) atoms. The van der Waals surface area contributed by atoms with Gasteiger partial charge in [0.15, 0.2) is 7.14 Å². The van der Waals surface area contributed by atoms with Crippen LogP contribution in [0, 0.1) is 0 Å². The highest BCUT2D eigenvalue weighted by molar-refractivity contribution is 7.82. The van der Waals surface area contributed by atoms with E-state index in [0.29, 0.717) is 23.9 Å². The molecular formula is C22H25O3P. The molecule has 0 saturated carbocycles. The molecule has 0 aliphatic rings. The summed E-state index contributed by atoms with van der Waals surface area (Å²) < 4.78 is 19.4. The first-order valence-electron chi connectivity index (χ1n) is 8.89. The minimum atomic E-state index is -3.09. The van der Waals surface area contributed by atoms with Crippen LogP contribution in [0.25, 0.3) is 0 Å². The standard InChI is InChI=1S/C22H25O3P/c1-4-12-21(17-18(3)22(23)25-5-2)26(24,19-13-8-6-9-14-19)20-15-10-7-11-16-20/h6-11,13-16H,4-5,12H2,1-3H3. The predicted molar refractivity (Wildman–Crippen MR) is 108 cm³/mol. The predicted octanol–water partition coefficient (Wildman–Crippen LogP) is 4.79. The fraction of sp³-hybridized carbons (Fsp3) is 0.273. The van der Waals surface area contributed by atoms with Gasteiger partial charge in [0.25, 0.3) is 0 Å². The Kier molecular flexibility index (Phi) is 7.21. The zero-order valence-electron chi connectivity index (χ0n) is 15.6. The lowest BCUT2D eigenvalue weighted by Crippen LogP contribution is -2.17. The van der Waals surface area contributed by atoms with E-state index in [2.05, 4.69) is 5.73 Å². The second kappa shape index (κ2) is 9.38. The molecule has 2 rings (SSSR count). The minimum absolute atomic E-state index is 0.302.